The van der Waals surface area contributed by atoms with Crippen molar-refractivity contribution >= 4 is 77.6 Å². The molecule has 5 nitrogen and oxygen atoms in total. The Morgan fingerprint density at radius 3 is 1.27 bits per heavy atom. The van der Waals surface area contributed by atoms with Crippen molar-refractivity contribution in [1.29, 1.82) is 0 Å². The van der Waals surface area contributed by atoms with Crippen LogP contribution in [0.2, 0.25) is 0 Å². The molecular weight excluding hydrogens is 677 g/mol. The fourth-order valence-corrected chi connectivity index (χ4v) is 9.43. The second-order valence-electron chi connectivity index (χ2n) is 15.4. The van der Waals surface area contributed by atoms with Crippen LogP contribution in [-0.4, -0.2) is 36.5 Å². The van der Waals surface area contributed by atoms with Crippen molar-refractivity contribution in [1.82, 2.24) is 0 Å². The third-order valence-electron chi connectivity index (χ3n) is 12.1. The van der Waals surface area contributed by atoms with Crippen LogP contribution in [0.5, 0.6) is 0 Å². The summed E-state index contributed by atoms with van der Waals surface area (Å²) in [5.41, 5.74) is 5.08. The molecule has 0 bridgehead atoms. The molecule has 2 aliphatic rings. The molecule has 8 rings (SSSR count). The first-order valence-corrected chi connectivity index (χ1v) is 20.8. The molecule has 55 heavy (non-hydrogen) atoms. The minimum Gasteiger partial charge on any atom is -0.386 e. The molecule has 2 unspecified atom stereocenters. The summed E-state index contributed by atoms with van der Waals surface area (Å²) < 4.78 is 6.19. The van der Waals surface area contributed by atoms with Crippen LogP contribution >= 0.6 is 0 Å². The Morgan fingerprint density at radius 1 is 0.491 bits per heavy atom. The van der Waals surface area contributed by atoms with E-state index in [1.807, 2.05) is 0 Å². The molecule has 0 fully saturated rings. The van der Waals surface area contributed by atoms with Crippen LogP contribution < -0.4 is 10.4 Å². The van der Waals surface area contributed by atoms with Crippen molar-refractivity contribution in [2.24, 2.45) is 21.8 Å². The molecule has 0 N–H and O–H groups in total. The van der Waals surface area contributed by atoms with Gasteiger partial charge >= 0.3 is 11.9 Å². The molecule has 0 spiro atoms. The first kappa shape index (κ1) is 36.8. The van der Waals surface area contributed by atoms with Crippen LogP contribution in [0.15, 0.2) is 94.9 Å². The van der Waals surface area contributed by atoms with Crippen molar-refractivity contribution < 1.29 is 14.3 Å². The smallest absolute Gasteiger partial charge is 0.343 e. The summed E-state index contributed by atoms with van der Waals surface area (Å²) in [6, 6.07) is 29.7. The number of hydrogen-bond acceptors (Lipinski definition) is 5. The van der Waals surface area contributed by atoms with E-state index in [0.29, 0.717) is 37.1 Å². The zero-order valence-corrected chi connectivity index (χ0v) is 32.8. The maximum Gasteiger partial charge on any atom is 0.343 e. The first-order valence-electron chi connectivity index (χ1n) is 20.8. The first-order chi connectivity index (χ1) is 27.0. The van der Waals surface area contributed by atoms with Crippen LogP contribution in [0.3, 0.4) is 0 Å². The van der Waals surface area contributed by atoms with E-state index >= 15 is 0 Å². The van der Waals surface area contributed by atoms with Gasteiger partial charge in [0.15, 0.2) is 0 Å². The Balaban J connectivity index is 1.28. The van der Waals surface area contributed by atoms with Crippen molar-refractivity contribution in [2.45, 2.75) is 91.9 Å². The molecular formula is C50H52N2O3. The maximum absolute atomic E-state index is 14.9. The fourth-order valence-electron chi connectivity index (χ4n) is 9.43. The number of esters is 2. The van der Waals surface area contributed by atoms with Gasteiger partial charge in [-0.1, -0.05) is 151 Å². The standard InChI is InChI=1S/C50H52N2O3/c1-5-9-11-13-29-51-47-35(7-3)45(37-25-21-31-17-15-19-33-23-27-39(47)43(37)41(31)33)49(53)55-50(54)46-36(8-4)48(52-30-14-12-10-6-2)40-28-24-34-20-16-18-32-22-26-38(46)44(40)42(32)34/h15-28,35-36H,5-14,29-30H2,1-4H3. The highest BCUT2D eigenvalue weighted by atomic mass is 16.6. The number of benzene rings is 6. The van der Waals surface area contributed by atoms with E-state index in [1.54, 1.807) is 0 Å². The lowest BCUT2D eigenvalue weighted by molar-refractivity contribution is -0.151. The Bertz CT molecular complexity index is 2420. The molecule has 0 aliphatic heterocycles. The minimum atomic E-state index is -0.581. The van der Waals surface area contributed by atoms with E-state index < -0.39 is 11.9 Å². The van der Waals surface area contributed by atoms with Crippen molar-refractivity contribution in [2.75, 3.05) is 13.1 Å². The van der Waals surface area contributed by atoms with Gasteiger partial charge in [0.1, 0.15) is 0 Å². The van der Waals surface area contributed by atoms with Gasteiger partial charge < -0.3 is 4.74 Å². The molecule has 5 heteroatoms. The predicted molar refractivity (Wildman–Crippen MR) is 230 cm³/mol. The molecule has 0 aromatic heterocycles. The SMILES string of the molecule is CCCCCCN=C1c2ccc3cccc4ccc(c2c34)=C(C(=O)OC(=O)C2=c3ccc4cccc5ccc(c3c54)C(=NCCCCCC)C2CC)C1CC. The van der Waals surface area contributed by atoms with E-state index in [0.717, 1.165) is 115 Å². The summed E-state index contributed by atoms with van der Waals surface area (Å²) in [6.45, 7) is 10.0. The van der Waals surface area contributed by atoms with E-state index in [9.17, 15) is 9.59 Å². The number of unbranched alkanes of at least 4 members (excludes halogenated alkanes) is 6. The third kappa shape index (κ3) is 6.46. The Labute approximate surface area is 324 Å². The summed E-state index contributed by atoms with van der Waals surface area (Å²) in [6.07, 6.45) is 10.3. The van der Waals surface area contributed by atoms with Crippen molar-refractivity contribution in [3.05, 3.63) is 106 Å². The Kier molecular flexibility index (Phi) is 10.6. The molecule has 0 saturated heterocycles. The second kappa shape index (κ2) is 15.9. The summed E-state index contributed by atoms with van der Waals surface area (Å²) in [5, 5.41) is 10.5. The van der Waals surface area contributed by atoms with Gasteiger partial charge in [-0.25, -0.2) is 9.59 Å². The zero-order chi connectivity index (χ0) is 38.1. The van der Waals surface area contributed by atoms with Gasteiger partial charge in [0, 0.05) is 36.1 Å². The molecule has 6 aromatic carbocycles. The molecule has 2 atom stereocenters. The lowest BCUT2D eigenvalue weighted by Crippen LogP contribution is -2.37. The highest BCUT2D eigenvalue weighted by Gasteiger charge is 2.37. The molecule has 2 aliphatic carbocycles. The monoisotopic (exact) mass is 728 g/mol. The van der Waals surface area contributed by atoms with E-state index in [-0.39, 0.29) is 11.8 Å². The van der Waals surface area contributed by atoms with Gasteiger partial charge in [-0.05, 0) is 79.2 Å². The Hall–Kier alpha value is -5.16. The largest absolute Gasteiger partial charge is 0.386 e. The molecule has 6 aromatic rings. The highest BCUT2D eigenvalue weighted by molar-refractivity contribution is 6.34. The lowest BCUT2D eigenvalue weighted by atomic mass is 9.77. The predicted octanol–water partition coefficient (Wildman–Crippen LogP) is 10.6. The van der Waals surface area contributed by atoms with Crippen LogP contribution in [0, 0.1) is 11.8 Å². The van der Waals surface area contributed by atoms with Crippen molar-refractivity contribution in [3.8, 4) is 0 Å². The van der Waals surface area contributed by atoms with Gasteiger partial charge in [0.25, 0.3) is 0 Å². The van der Waals surface area contributed by atoms with E-state index in [2.05, 4.69) is 113 Å². The summed E-state index contributed by atoms with van der Waals surface area (Å²) in [7, 11) is 0. The topological polar surface area (TPSA) is 68.1 Å². The quantitative estimate of drug-likeness (QED) is 0.0637. The van der Waals surface area contributed by atoms with Gasteiger partial charge in [-0.15, -0.1) is 0 Å². The average molecular weight is 729 g/mol. The summed E-state index contributed by atoms with van der Waals surface area (Å²) >= 11 is 0. The second-order valence-corrected chi connectivity index (χ2v) is 15.4. The summed E-state index contributed by atoms with van der Waals surface area (Å²) in [4.78, 5) is 40.2. The van der Waals surface area contributed by atoms with Crippen LogP contribution in [-0.2, 0) is 14.3 Å². The van der Waals surface area contributed by atoms with Gasteiger partial charge in [-0.3, -0.25) is 9.98 Å². The lowest BCUT2D eigenvalue weighted by Gasteiger charge is -2.29. The summed E-state index contributed by atoms with van der Waals surface area (Å²) in [5.74, 6) is -1.76. The molecule has 0 amide bonds. The average Bonchev–Trinajstić information content (AvgIpc) is 3.21. The Morgan fingerprint density at radius 2 is 0.891 bits per heavy atom. The number of nitrogens with zero attached hydrogens (tertiary/aromatic N) is 2. The molecule has 0 saturated carbocycles. The molecule has 280 valence electrons. The molecule has 0 heterocycles. The van der Waals surface area contributed by atoms with Crippen LogP contribution in [0.1, 0.15) is 103 Å². The van der Waals surface area contributed by atoms with Gasteiger partial charge in [0.2, 0.25) is 0 Å². The number of carbonyl (C=O) groups excluding carboxylic acids is 2. The van der Waals surface area contributed by atoms with E-state index in [1.165, 1.54) is 12.8 Å². The number of aliphatic imine (C=N–C) groups is 2. The van der Waals surface area contributed by atoms with Gasteiger partial charge in [0.05, 0.1) is 22.6 Å². The maximum atomic E-state index is 14.9. The fraction of sp³-hybridized carbons (Fsp3) is 0.360. The number of carbonyl (C=O) groups is 2. The van der Waals surface area contributed by atoms with Crippen LogP contribution in [0.25, 0.3) is 54.2 Å². The number of hydrogen-bond donors (Lipinski definition) is 0. The van der Waals surface area contributed by atoms with E-state index in [4.69, 9.17) is 14.7 Å². The van der Waals surface area contributed by atoms with Crippen molar-refractivity contribution in [3.63, 3.8) is 0 Å². The number of ether oxygens (including phenoxy) is 1. The zero-order valence-electron chi connectivity index (χ0n) is 32.8. The highest BCUT2D eigenvalue weighted by Crippen LogP contribution is 2.38. The number of rotatable bonds is 14. The van der Waals surface area contributed by atoms with Gasteiger partial charge in [-0.2, -0.15) is 0 Å². The normalized spacial score (nSPS) is 18.1. The minimum absolute atomic E-state index is 0.297. The molecule has 0 radical (unpaired) electrons. The van der Waals surface area contributed by atoms with Crippen LogP contribution in [0.4, 0.5) is 0 Å². The third-order valence-corrected chi connectivity index (χ3v) is 12.1.